The molecule has 6 heteroatoms. The summed E-state index contributed by atoms with van der Waals surface area (Å²) in [6, 6.07) is 0. The molecule has 0 bridgehead atoms. The largest absolute Gasteiger partial charge is 0.375 e. The minimum Gasteiger partial charge on any atom is -0.375 e. The van der Waals surface area contributed by atoms with E-state index < -0.39 is 0 Å². The van der Waals surface area contributed by atoms with Crippen LogP contribution in [0.2, 0.25) is 0 Å². The van der Waals surface area contributed by atoms with Crippen LogP contribution in [0.1, 0.15) is 0 Å². The lowest BCUT2D eigenvalue weighted by molar-refractivity contribution is -0.125. The van der Waals surface area contributed by atoms with Gasteiger partial charge in [-0.05, 0) is 0 Å². The second-order valence-electron chi connectivity index (χ2n) is 2.59. The van der Waals surface area contributed by atoms with Gasteiger partial charge in [0, 0.05) is 14.1 Å². The molecule has 0 aliphatic heterocycles. The van der Waals surface area contributed by atoms with Crippen LogP contribution in [-0.4, -0.2) is 35.6 Å². The van der Waals surface area contributed by atoms with Gasteiger partial charge in [0.25, 0.3) is 0 Å². The number of hydrogen-bond acceptors (Lipinski definition) is 5. The molecule has 1 amide bonds. The maximum Gasteiger partial charge on any atom is 0.232 e. The zero-order valence-electron chi connectivity index (χ0n) is 7.48. The van der Waals surface area contributed by atoms with Crippen molar-refractivity contribution in [2.45, 2.75) is 4.21 Å². The van der Waals surface area contributed by atoms with Gasteiger partial charge in [0.15, 0.2) is 5.13 Å². The fourth-order valence-electron chi connectivity index (χ4n) is 0.601. The molecule has 0 saturated carbocycles. The number of thiazole rings is 1. The molecule has 0 aliphatic rings. The van der Waals surface area contributed by atoms with Gasteiger partial charge < -0.3 is 10.6 Å². The van der Waals surface area contributed by atoms with Crippen LogP contribution in [0, 0.1) is 0 Å². The van der Waals surface area contributed by atoms with E-state index in [-0.39, 0.29) is 5.91 Å². The number of nitrogens with zero attached hydrogens (tertiary/aromatic N) is 2. The van der Waals surface area contributed by atoms with Crippen molar-refractivity contribution in [1.82, 2.24) is 9.88 Å². The van der Waals surface area contributed by atoms with E-state index in [0.29, 0.717) is 10.9 Å². The lowest BCUT2D eigenvalue weighted by Gasteiger charge is -2.08. The van der Waals surface area contributed by atoms with E-state index in [2.05, 4.69) is 4.98 Å². The van der Waals surface area contributed by atoms with E-state index in [1.807, 2.05) is 0 Å². The zero-order valence-corrected chi connectivity index (χ0v) is 9.11. The van der Waals surface area contributed by atoms with Crippen LogP contribution in [0.15, 0.2) is 10.4 Å². The third-order valence-electron chi connectivity index (χ3n) is 1.34. The molecule has 0 radical (unpaired) electrons. The summed E-state index contributed by atoms with van der Waals surface area (Å²) in [6.45, 7) is 0. The number of rotatable bonds is 3. The monoisotopic (exact) mass is 217 g/mol. The topological polar surface area (TPSA) is 59.2 Å². The van der Waals surface area contributed by atoms with Crippen molar-refractivity contribution in [3.8, 4) is 0 Å². The Morgan fingerprint density at radius 1 is 1.77 bits per heavy atom. The lowest BCUT2D eigenvalue weighted by Crippen LogP contribution is -2.23. The fraction of sp³-hybridized carbons (Fsp3) is 0.429. The van der Waals surface area contributed by atoms with Crippen molar-refractivity contribution in [1.29, 1.82) is 0 Å². The molecular weight excluding hydrogens is 206 g/mol. The Morgan fingerprint density at radius 3 is 2.92 bits per heavy atom. The molecule has 0 saturated heterocycles. The van der Waals surface area contributed by atoms with E-state index in [4.69, 9.17) is 5.73 Å². The van der Waals surface area contributed by atoms with Crippen LogP contribution in [0.3, 0.4) is 0 Å². The summed E-state index contributed by atoms with van der Waals surface area (Å²) in [5, 5.41) is 0.541. The average molecular weight is 217 g/mol. The highest BCUT2D eigenvalue weighted by molar-refractivity contribution is 8.01. The number of thioether (sulfide) groups is 1. The van der Waals surface area contributed by atoms with Crippen LogP contribution in [-0.2, 0) is 4.79 Å². The molecule has 0 fully saturated rings. The molecule has 0 spiro atoms. The average Bonchev–Trinajstić information content (AvgIpc) is 2.47. The first-order valence-electron chi connectivity index (χ1n) is 3.64. The van der Waals surface area contributed by atoms with Gasteiger partial charge in [-0.15, -0.1) is 11.8 Å². The quantitative estimate of drug-likeness (QED) is 0.764. The van der Waals surface area contributed by atoms with Crippen LogP contribution in [0.5, 0.6) is 0 Å². The number of aromatic nitrogens is 1. The molecule has 0 atom stereocenters. The molecule has 0 aromatic carbocycles. The minimum atomic E-state index is 0.0944. The van der Waals surface area contributed by atoms with E-state index in [1.165, 1.54) is 23.1 Å². The molecule has 1 rings (SSSR count). The molecule has 0 aliphatic carbocycles. The third-order valence-corrected chi connectivity index (χ3v) is 3.34. The highest BCUT2D eigenvalue weighted by atomic mass is 32.2. The normalized spacial score (nSPS) is 10.0. The predicted octanol–water partition coefficient (Wildman–Crippen LogP) is 0.906. The number of carbonyl (C=O) groups excluding carboxylic acids is 1. The van der Waals surface area contributed by atoms with Crippen LogP contribution >= 0.6 is 23.1 Å². The highest BCUT2D eigenvalue weighted by Crippen LogP contribution is 2.26. The number of nitrogens with two attached hydrogens (primary N) is 1. The van der Waals surface area contributed by atoms with Gasteiger partial charge in [-0.1, -0.05) is 11.3 Å². The predicted molar refractivity (Wildman–Crippen MR) is 55.9 cm³/mol. The first-order chi connectivity index (χ1) is 6.09. The summed E-state index contributed by atoms with van der Waals surface area (Å²) in [7, 11) is 3.48. The Bertz CT molecular complexity index is 298. The zero-order chi connectivity index (χ0) is 9.84. The number of carbonyl (C=O) groups is 1. The lowest BCUT2D eigenvalue weighted by atomic mass is 10.6. The first kappa shape index (κ1) is 10.3. The Hall–Kier alpha value is -0.750. The first-order valence-corrected chi connectivity index (χ1v) is 5.44. The molecule has 4 nitrogen and oxygen atoms in total. The SMILES string of the molecule is CN(C)C(=O)CSc1cnc(N)s1. The number of anilines is 1. The molecule has 1 aromatic heterocycles. The van der Waals surface area contributed by atoms with Gasteiger partial charge >= 0.3 is 0 Å². The van der Waals surface area contributed by atoms with Crippen LogP contribution in [0.25, 0.3) is 0 Å². The number of hydrogen-bond donors (Lipinski definition) is 1. The Morgan fingerprint density at radius 2 is 2.46 bits per heavy atom. The van der Waals surface area contributed by atoms with Gasteiger partial charge in [0.2, 0.25) is 5.91 Å². The fourth-order valence-corrected chi connectivity index (χ4v) is 2.34. The molecule has 2 N–H and O–H groups in total. The maximum atomic E-state index is 11.2. The van der Waals surface area contributed by atoms with E-state index in [1.54, 1.807) is 25.2 Å². The van der Waals surface area contributed by atoms with Crippen molar-refractivity contribution in [3.63, 3.8) is 0 Å². The summed E-state index contributed by atoms with van der Waals surface area (Å²) in [4.78, 5) is 16.6. The molecule has 1 aromatic rings. The van der Waals surface area contributed by atoms with Crippen LogP contribution in [0.4, 0.5) is 5.13 Å². The van der Waals surface area contributed by atoms with E-state index >= 15 is 0 Å². The third kappa shape index (κ3) is 3.23. The highest BCUT2D eigenvalue weighted by Gasteiger charge is 2.06. The summed E-state index contributed by atoms with van der Waals surface area (Å²) >= 11 is 2.86. The smallest absolute Gasteiger partial charge is 0.232 e. The molecule has 72 valence electrons. The van der Waals surface area contributed by atoms with Crippen LogP contribution < -0.4 is 5.73 Å². The van der Waals surface area contributed by atoms with Crippen molar-refractivity contribution in [3.05, 3.63) is 6.20 Å². The van der Waals surface area contributed by atoms with Crippen molar-refractivity contribution >= 4 is 34.1 Å². The summed E-state index contributed by atoms with van der Waals surface area (Å²) < 4.78 is 0.979. The van der Waals surface area contributed by atoms with Gasteiger partial charge in [-0.25, -0.2) is 4.98 Å². The molecule has 1 heterocycles. The Labute approximate surface area is 85.1 Å². The second kappa shape index (κ2) is 4.48. The number of nitrogen functional groups attached to an aromatic ring is 1. The maximum absolute atomic E-state index is 11.2. The van der Waals surface area contributed by atoms with Gasteiger partial charge in [-0.2, -0.15) is 0 Å². The van der Waals surface area contributed by atoms with Crippen molar-refractivity contribution in [2.75, 3.05) is 25.6 Å². The summed E-state index contributed by atoms with van der Waals surface area (Å²) in [5.41, 5.74) is 5.44. The molecule has 0 unspecified atom stereocenters. The standard InChI is InChI=1S/C7H11N3OS2/c1-10(2)5(11)4-12-6-3-9-7(8)13-6/h3H,4H2,1-2H3,(H2,8,9). The van der Waals surface area contributed by atoms with Crippen molar-refractivity contribution < 1.29 is 4.79 Å². The summed E-state index contributed by atoms with van der Waals surface area (Å²) in [6.07, 6.45) is 1.69. The second-order valence-corrected chi connectivity index (χ2v) is 4.93. The van der Waals surface area contributed by atoms with E-state index in [0.717, 1.165) is 4.21 Å². The Balaban J connectivity index is 2.39. The van der Waals surface area contributed by atoms with Gasteiger partial charge in [0.05, 0.1) is 16.2 Å². The number of amides is 1. The molecular formula is C7H11N3OS2. The van der Waals surface area contributed by atoms with Gasteiger partial charge in [0.1, 0.15) is 0 Å². The minimum absolute atomic E-state index is 0.0944. The van der Waals surface area contributed by atoms with E-state index in [9.17, 15) is 4.79 Å². The molecule has 13 heavy (non-hydrogen) atoms. The Kier molecular flexibility index (Phi) is 3.56. The summed E-state index contributed by atoms with van der Waals surface area (Å²) in [5.74, 6) is 0.534. The van der Waals surface area contributed by atoms with Crippen molar-refractivity contribution in [2.24, 2.45) is 0 Å². The van der Waals surface area contributed by atoms with Gasteiger partial charge in [-0.3, -0.25) is 4.79 Å².